The highest BCUT2D eigenvalue weighted by Crippen LogP contribution is 2.22. The number of nitrogens with one attached hydrogen (secondary N) is 1. The van der Waals surface area contributed by atoms with Crippen molar-refractivity contribution in [2.75, 3.05) is 0 Å². The standard InChI is InChI=1S/C12H15N3O4/c1-7-2-10(16)15(11(17)3-7)9(12(18)19)4-8-5-13-6-14-8/h5-7,9H,2-4H2,1H3,(H,13,14)(H,18,19). The molecule has 0 saturated carbocycles. The molecule has 19 heavy (non-hydrogen) atoms. The summed E-state index contributed by atoms with van der Waals surface area (Å²) in [5.74, 6) is -2.06. The molecule has 2 amide bonds. The number of aromatic amines is 1. The first-order valence-corrected chi connectivity index (χ1v) is 6.04. The minimum atomic E-state index is -1.19. The average Bonchev–Trinajstić information content (AvgIpc) is 2.78. The number of aromatic nitrogens is 2. The van der Waals surface area contributed by atoms with Gasteiger partial charge in [0.15, 0.2) is 0 Å². The van der Waals surface area contributed by atoms with Crippen LogP contribution in [0.3, 0.4) is 0 Å². The molecule has 1 aromatic heterocycles. The first kappa shape index (κ1) is 13.3. The Kier molecular flexibility index (Phi) is 3.64. The minimum absolute atomic E-state index is 0.0298. The predicted molar refractivity (Wildman–Crippen MR) is 64.0 cm³/mol. The van der Waals surface area contributed by atoms with Crippen molar-refractivity contribution in [2.24, 2.45) is 5.92 Å². The van der Waals surface area contributed by atoms with Gasteiger partial charge in [-0.05, 0) is 5.92 Å². The molecule has 1 aliphatic rings. The molecule has 7 nitrogen and oxygen atoms in total. The number of likely N-dealkylation sites (tertiary alicyclic amines) is 1. The number of rotatable bonds is 4. The maximum Gasteiger partial charge on any atom is 0.327 e. The number of imidazole rings is 1. The highest BCUT2D eigenvalue weighted by atomic mass is 16.4. The van der Waals surface area contributed by atoms with Crippen LogP contribution in [-0.4, -0.2) is 43.8 Å². The second-order valence-corrected chi connectivity index (χ2v) is 4.81. The average molecular weight is 265 g/mol. The van der Waals surface area contributed by atoms with Crippen LogP contribution in [-0.2, 0) is 20.8 Å². The molecule has 0 aromatic carbocycles. The third-order valence-electron chi connectivity index (χ3n) is 3.15. The molecule has 1 unspecified atom stereocenters. The molecular formula is C12H15N3O4. The molecule has 2 N–H and O–H groups in total. The lowest BCUT2D eigenvalue weighted by atomic mass is 9.95. The summed E-state index contributed by atoms with van der Waals surface area (Å²) in [6.07, 6.45) is 3.37. The predicted octanol–water partition coefficient (Wildman–Crippen LogP) is 0.190. The smallest absolute Gasteiger partial charge is 0.327 e. The van der Waals surface area contributed by atoms with E-state index in [1.807, 2.05) is 0 Å². The van der Waals surface area contributed by atoms with Crippen molar-refractivity contribution < 1.29 is 19.5 Å². The summed E-state index contributed by atoms with van der Waals surface area (Å²) in [6, 6.07) is -1.17. The zero-order valence-electron chi connectivity index (χ0n) is 10.5. The van der Waals surface area contributed by atoms with Gasteiger partial charge in [0.05, 0.1) is 6.33 Å². The molecular weight excluding hydrogens is 250 g/mol. The second kappa shape index (κ2) is 5.21. The van der Waals surface area contributed by atoms with Gasteiger partial charge >= 0.3 is 5.97 Å². The fourth-order valence-corrected chi connectivity index (χ4v) is 2.25. The molecule has 1 atom stereocenters. The van der Waals surface area contributed by atoms with Gasteiger partial charge in [0.2, 0.25) is 11.8 Å². The number of H-pyrrole nitrogens is 1. The van der Waals surface area contributed by atoms with Crippen LogP contribution >= 0.6 is 0 Å². The zero-order valence-corrected chi connectivity index (χ0v) is 10.5. The molecule has 0 bridgehead atoms. The summed E-state index contributed by atoms with van der Waals surface area (Å²) in [6.45, 7) is 1.80. The fraction of sp³-hybridized carbons (Fsp3) is 0.500. The monoisotopic (exact) mass is 265 g/mol. The largest absolute Gasteiger partial charge is 0.480 e. The number of hydrogen-bond donors (Lipinski definition) is 2. The first-order valence-electron chi connectivity index (χ1n) is 6.04. The number of carboxylic acid groups (broad SMARTS) is 1. The molecule has 2 rings (SSSR count). The highest BCUT2D eigenvalue weighted by molar-refractivity contribution is 6.01. The van der Waals surface area contributed by atoms with E-state index in [1.165, 1.54) is 12.5 Å². The van der Waals surface area contributed by atoms with E-state index in [1.54, 1.807) is 6.92 Å². The Morgan fingerprint density at radius 3 is 2.63 bits per heavy atom. The van der Waals surface area contributed by atoms with E-state index >= 15 is 0 Å². The minimum Gasteiger partial charge on any atom is -0.480 e. The summed E-state index contributed by atoms with van der Waals surface area (Å²) in [4.78, 5) is 42.6. The molecule has 0 radical (unpaired) electrons. The number of aliphatic carboxylic acids is 1. The number of imide groups is 1. The van der Waals surface area contributed by atoms with Gasteiger partial charge in [-0.3, -0.25) is 14.5 Å². The van der Waals surface area contributed by atoms with Gasteiger partial charge in [-0.15, -0.1) is 0 Å². The number of hydrogen-bond acceptors (Lipinski definition) is 4. The maximum absolute atomic E-state index is 11.9. The van der Waals surface area contributed by atoms with E-state index < -0.39 is 23.8 Å². The lowest BCUT2D eigenvalue weighted by molar-refractivity contribution is -0.161. The van der Waals surface area contributed by atoms with Crippen LogP contribution in [0, 0.1) is 5.92 Å². The van der Waals surface area contributed by atoms with E-state index in [0.29, 0.717) is 5.69 Å². The number of carbonyl (C=O) groups excluding carboxylic acids is 2. The molecule has 2 heterocycles. The van der Waals surface area contributed by atoms with E-state index in [0.717, 1.165) is 4.90 Å². The number of carboxylic acids is 1. The van der Waals surface area contributed by atoms with Crippen molar-refractivity contribution in [1.29, 1.82) is 0 Å². The van der Waals surface area contributed by atoms with Crippen molar-refractivity contribution >= 4 is 17.8 Å². The van der Waals surface area contributed by atoms with Gasteiger partial charge in [-0.2, -0.15) is 0 Å². The quantitative estimate of drug-likeness (QED) is 0.756. The molecule has 0 spiro atoms. The van der Waals surface area contributed by atoms with E-state index in [2.05, 4.69) is 9.97 Å². The highest BCUT2D eigenvalue weighted by Gasteiger charge is 2.39. The lowest BCUT2D eigenvalue weighted by Gasteiger charge is -2.32. The fourth-order valence-electron chi connectivity index (χ4n) is 2.25. The number of nitrogens with zero attached hydrogens (tertiary/aromatic N) is 2. The van der Waals surface area contributed by atoms with E-state index in [9.17, 15) is 19.5 Å². The van der Waals surface area contributed by atoms with Gasteiger partial charge in [0.25, 0.3) is 0 Å². The van der Waals surface area contributed by atoms with Crippen LogP contribution in [0.25, 0.3) is 0 Å². The second-order valence-electron chi connectivity index (χ2n) is 4.81. The Morgan fingerprint density at radius 1 is 1.53 bits per heavy atom. The molecule has 7 heteroatoms. The third kappa shape index (κ3) is 2.81. The number of piperidine rings is 1. The molecule has 1 aliphatic heterocycles. The van der Waals surface area contributed by atoms with Gasteiger partial charge in [-0.25, -0.2) is 9.78 Å². The van der Waals surface area contributed by atoms with Crippen molar-refractivity contribution in [1.82, 2.24) is 14.9 Å². The van der Waals surface area contributed by atoms with Gasteiger partial charge in [0, 0.05) is 31.2 Å². The normalized spacial score (nSPS) is 18.7. The zero-order chi connectivity index (χ0) is 14.0. The van der Waals surface area contributed by atoms with Crippen molar-refractivity contribution in [3.05, 3.63) is 18.2 Å². The van der Waals surface area contributed by atoms with Gasteiger partial charge in [0.1, 0.15) is 6.04 Å². The van der Waals surface area contributed by atoms with Gasteiger partial charge < -0.3 is 10.1 Å². The van der Waals surface area contributed by atoms with Crippen molar-refractivity contribution in [3.63, 3.8) is 0 Å². The van der Waals surface area contributed by atoms with Crippen LogP contribution < -0.4 is 0 Å². The van der Waals surface area contributed by atoms with Crippen LogP contribution in [0.4, 0.5) is 0 Å². The van der Waals surface area contributed by atoms with Crippen LogP contribution in [0.15, 0.2) is 12.5 Å². The summed E-state index contributed by atoms with van der Waals surface area (Å²) in [5.41, 5.74) is 0.576. The number of amides is 2. The summed E-state index contributed by atoms with van der Waals surface area (Å²) < 4.78 is 0. The number of carbonyl (C=O) groups is 3. The lowest BCUT2D eigenvalue weighted by Crippen LogP contribution is -2.52. The third-order valence-corrected chi connectivity index (χ3v) is 3.15. The topological polar surface area (TPSA) is 103 Å². The Balaban J connectivity index is 2.21. The van der Waals surface area contributed by atoms with Crippen LogP contribution in [0.1, 0.15) is 25.5 Å². The van der Waals surface area contributed by atoms with Crippen LogP contribution in [0.5, 0.6) is 0 Å². The summed E-state index contributed by atoms with van der Waals surface area (Å²) in [5, 5.41) is 9.25. The molecule has 0 aliphatic carbocycles. The van der Waals surface area contributed by atoms with Gasteiger partial charge in [-0.1, -0.05) is 6.92 Å². The molecule has 1 fully saturated rings. The van der Waals surface area contributed by atoms with E-state index in [-0.39, 0.29) is 25.2 Å². The Hall–Kier alpha value is -2.18. The van der Waals surface area contributed by atoms with Crippen LogP contribution in [0.2, 0.25) is 0 Å². The Morgan fingerprint density at radius 2 is 2.16 bits per heavy atom. The summed E-state index contributed by atoms with van der Waals surface area (Å²) in [7, 11) is 0. The van der Waals surface area contributed by atoms with Crippen molar-refractivity contribution in [3.8, 4) is 0 Å². The molecule has 1 aromatic rings. The van der Waals surface area contributed by atoms with E-state index in [4.69, 9.17) is 0 Å². The molecule has 1 saturated heterocycles. The maximum atomic E-state index is 11.9. The molecule has 102 valence electrons. The Bertz CT molecular complexity index is 479. The first-order chi connectivity index (χ1) is 8.99. The summed E-state index contributed by atoms with van der Waals surface area (Å²) >= 11 is 0. The van der Waals surface area contributed by atoms with Crippen molar-refractivity contribution in [2.45, 2.75) is 32.2 Å². The Labute approximate surface area is 109 Å². The SMILES string of the molecule is CC1CC(=O)N(C(Cc2cnc[nH]2)C(=O)O)C(=O)C1.